The van der Waals surface area contributed by atoms with Crippen molar-refractivity contribution in [2.45, 2.75) is 4.90 Å². The molecule has 0 fully saturated rings. The van der Waals surface area contributed by atoms with Crippen LogP contribution in [0.15, 0.2) is 23.5 Å². The first-order valence-corrected chi connectivity index (χ1v) is 4.55. The van der Waals surface area contributed by atoms with Crippen molar-refractivity contribution in [2.24, 2.45) is 0 Å². The van der Waals surface area contributed by atoms with E-state index in [4.69, 9.17) is 0 Å². The van der Waals surface area contributed by atoms with Gasteiger partial charge in [-0.3, -0.25) is 4.21 Å². The standard InChI is InChI=1S/C7H6N2OS/c10-11-3-1-2-6-7(11)4-8-5-9-6/h1-2,4-5H,3H2. The quantitative estimate of drug-likeness (QED) is 0.567. The Hall–Kier alpha value is -1.03. The molecule has 2 rings (SSSR count). The molecule has 1 aliphatic heterocycles. The summed E-state index contributed by atoms with van der Waals surface area (Å²) in [6, 6.07) is 0. The number of hydrogen-bond donors (Lipinski definition) is 0. The smallest absolute Gasteiger partial charge is 0.116 e. The molecule has 1 aromatic heterocycles. The van der Waals surface area contributed by atoms with E-state index >= 15 is 0 Å². The molecule has 56 valence electrons. The minimum Gasteiger partial charge on any atom is -0.254 e. The molecule has 3 nitrogen and oxygen atoms in total. The summed E-state index contributed by atoms with van der Waals surface area (Å²) in [4.78, 5) is 8.53. The van der Waals surface area contributed by atoms with Gasteiger partial charge in [0.25, 0.3) is 0 Å². The lowest BCUT2D eigenvalue weighted by Gasteiger charge is -2.06. The molecule has 0 saturated carbocycles. The molecular weight excluding hydrogens is 160 g/mol. The maximum absolute atomic E-state index is 11.3. The second kappa shape index (κ2) is 2.54. The average molecular weight is 166 g/mol. The van der Waals surface area contributed by atoms with Gasteiger partial charge in [0.15, 0.2) is 0 Å². The van der Waals surface area contributed by atoms with E-state index in [9.17, 15) is 4.21 Å². The third kappa shape index (κ3) is 1.09. The first-order valence-electron chi connectivity index (χ1n) is 3.23. The normalized spacial score (nSPS) is 21.3. The molecule has 0 N–H and O–H groups in total. The second-order valence-corrected chi connectivity index (χ2v) is 3.65. The topological polar surface area (TPSA) is 42.9 Å². The Bertz CT molecular complexity index is 335. The van der Waals surface area contributed by atoms with Crippen molar-refractivity contribution in [2.75, 3.05) is 5.75 Å². The zero-order chi connectivity index (χ0) is 7.68. The van der Waals surface area contributed by atoms with Crippen LogP contribution >= 0.6 is 0 Å². The van der Waals surface area contributed by atoms with Crippen molar-refractivity contribution < 1.29 is 4.21 Å². The van der Waals surface area contributed by atoms with E-state index in [-0.39, 0.29) is 0 Å². The van der Waals surface area contributed by atoms with E-state index in [1.165, 1.54) is 6.33 Å². The molecule has 0 saturated heterocycles. The highest BCUT2D eigenvalue weighted by Gasteiger charge is 2.11. The zero-order valence-corrected chi connectivity index (χ0v) is 6.54. The summed E-state index contributed by atoms with van der Waals surface area (Å²) in [6.07, 6.45) is 6.82. The van der Waals surface area contributed by atoms with E-state index in [1.54, 1.807) is 6.20 Å². The van der Waals surface area contributed by atoms with Gasteiger partial charge in [0.05, 0.1) is 21.4 Å². The van der Waals surface area contributed by atoms with Crippen LogP contribution in [0.4, 0.5) is 0 Å². The molecule has 0 radical (unpaired) electrons. The number of rotatable bonds is 0. The fraction of sp³-hybridized carbons (Fsp3) is 0.143. The number of fused-ring (bicyclic) bond motifs is 1. The van der Waals surface area contributed by atoms with Gasteiger partial charge in [-0.05, 0) is 6.08 Å². The minimum atomic E-state index is -0.927. The third-order valence-corrected chi connectivity index (χ3v) is 2.78. The van der Waals surface area contributed by atoms with Gasteiger partial charge in [-0.15, -0.1) is 0 Å². The largest absolute Gasteiger partial charge is 0.254 e. The molecule has 0 bridgehead atoms. The molecule has 4 heteroatoms. The Morgan fingerprint density at radius 3 is 3.27 bits per heavy atom. The van der Waals surface area contributed by atoms with Crippen LogP contribution in [0.2, 0.25) is 0 Å². The molecule has 1 aliphatic rings. The summed E-state index contributed by atoms with van der Waals surface area (Å²) in [6.45, 7) is 0. The molecule has 0 spiro atoms. The predicted octanol–water partition coefficient (Wildman–Crippen LogP) is 0.611. The fourth-order valence-electron chi connectivity index (χ4n) is 0.964. The average Bonchev–Trinajstić information content (AvgIpc) is 2.06. The van der Waals surface area contributed by atoms with E-state index < -0.39 is 10.8 Å². The summed E-state index contributed by atoms with van der Waals surface area (Å²) in [5.41, 5.74) is 0.782. The Kier molecular flexibility index (Phi) is 1.54. The minimum absolute atomic E-state index is 0.584. The van der Waals surface area contributed by atoms with Gasteiger partial charge in [0.2, 0.25) is 0 Å². The first kappa shape index (κ1) is 6.67. The van der Waals surface area contributed by atoms with Gasteiger partial charge in [0.1, 0.15) is 6.33 Å². The van der Waals surface area contributed by atoms with Crippen LogP contribution in [0, 0.1) is 0 Å². The van der Waals surface area contributed by atoms with Crippen LogP contribution in [0.5, 0.6) is 0 Å². The van der Waals surface area contributed by atoms with Gasteiger partial charge in [-0.2, -0.15) is 0 Å². The van der Waals surface area contributed by atoms with Gasteiger partial charge in [0, 0.05) is 11.9 Å². The van der Waals surface area contributed by atoms with Crippen molar-refractivity contribution in [1.29, 1.82) is 0 Å². The fourth-order valence-corrected chi connectivity index (χ4v) is 1.95. The number of nitrogens with zero attached hydrogens (tertiary/aromatic N) is 2. The lowest BCUT2D eigenvalue weighted by Crippen LogP contribution is -2.04. The van der Waals surface area contributed by atoms with Crippen molar-refractivity contribution in [3.63, 3.8) is 0 Å². The predicted molar refractivity (Wildman–Crippen MR) is 42.3 cm³/mol. The molecule has 1 unspecified atom stereocenters. The van der Waals surface area contributed by atoms with Gasteiger partial charge in [-0.25, -0.2) is 9.97 Å². The molecule has 0 aliphatic carbocycles. The van der Waals surface area contributed by atoms with Crippen LogP contribution in [-0.2, 0) is 10.8 Å². The summed E-state index contributed by atoms with van der Waals surface area (Å²) in [5.74, 6) is 0.584. The van der Waals surface area contributed by atoms with Crippen molar-refractivity contribution >= 4 is 16.9 Å². The molecule has 0 aromatic carbocycles. The van der Waals surface area contributed by atoms with E-state index in [0.29, 0.717) is 5.75 Å². The van der Waals surface area contributed by atoms with Crippen LogP contribution in [0.1, 0.15) is 5.69 Å². The molecular formula is C7H6N2OS. The highest BCUT2D eigenvalue weighted by Crippen LogP contribution is 2.15. The maximum atomic E-state index is 11.3. The van der Waals surface area contributed by atoms with Crippen LogP contribution < -0.4 is 0 Å². The Labute approximate surface area is 66.6 Å². The van der Waals surface area contributed by atoms with Gasteiger partial charge >= 0.3 is 0 Å². The van der Waals surface area contributed by atoms with Crippen molar-refractivity contribution in [1.82, 2.24) is 9.97 Å². The highest BCUT2D eigenvalue weighted by molar-refractivity contribution is 7.85. The lowest BCUT2D eigenvalue weighted by atomic mass is 10.3. The Morgan fingerprint density at radius 1 is 1.55 bits per heavy atom. The summed E-state index contributed by atoms with van der Waals surface area (Å²) >= 11 is 0. The SMILES string of the molecule is O=S1CC=Cc2ncncc21. The van der Waals surface area contributed by atoms with E-state index in [0.717, 1.165) is 10.6 Å². The summed E-state index contributed by atoms with van der Waals surface area (Å²) in [7, 11) is -0.927. The number of aromatic nitrogens is 2. The van der Waals surface area contributed by atoms with Crippen molar-refractivity contribution in [3.8, 4) is 0 Å². The Morgan fingerprint density at radius 2 is 2.45 bits per heavy atom. The molecule has 1 atom stereocenters. The summed E-state index contributed by atoms with van der Waals surface area (Å²) in [5, 5.41) is 0. The highest BCUT2D eigenvalue weighted by atomic mass is 32.2. The third-order valence-electron chi connectivity index (χ3n) is 1.48. The maximum Gasteiger partial charge on any atom is 0.116 e. The molecule has 1 aromatic rings. The van der Waals surface area contributed by atoms with Gasteiger partial charge in [-0.1, -0.05) is 6.08 Å². The Balaban J connectivity index is 2.63. The van der Waals surface area contributed by atoms with Crippen molar-refractivity contribution in [3.05, 3.63) is 24.3 Å². The molecule has 11 heavy (non-hydrogen) atoms. The van der Waals surface area contributed by atoms with Crippen LogP contribution in [-0.4, -0.2) is 19.9 Å². The van der Waals surface area contributed by atoms with Crippen LogP contribution in [0.25, 0.3) is 6.08 Å². The monoisotopic (exact) mass is 166 g/mol. The van der Waals surface area contributed by atoms with Crippen LogP contribution in [0.3, 0.4) is 0 Å². The molecule has 0 amide bonds. The van der Waals surface area contributed by atoms with E-state index in [1.807, 2.05) is 12.2 Å². The van der Waals surface area contributed by atoms with E-state index in [2.05, 4.69) is 9.97 Å². The molecule has 2 heterocycles. The lowest BCUT2D eigenvalue weighted by molar-refractivity contribution is 0.683. The zero-order valence-electron chi connectivity index (χ0n) is 5.73. The van der Waals surface area contributed by atoms with Gasteiger partial charge < -0.3 is 0 Å². The second-order valence-electron chi connectivity index (χ2n) is 2.19. The summed E-state index contributed by atoms with van der Waals surface area (Å²) < 4.78 is 11.3. The first-order chi connectivity index (χ1) is 5.38. The number of hydrogen-bond acceptors (Lipinski definition) is 3.